The molecule has 0 saturated carbocycles. The Labute approximate surface area is 74.5 Å². The van der Waals surface area contributed by atoms with E-state index in [0.717, 1.165) is 4.47 Å². The first-order chi connectivity index (χ1) is 5.27. The topological polar surface area (TPSA) is 12.5 Å². The lowest BCUT2D eigenvalue weighted by atomic mass is 10.1. The minimum Gasteiger partial charge on any atom is -0.365 e. The SMILES string of the molecule is C[C@H]1O[C@@H]1c1ccc(Br)cc1. The summed E-state index contributed by atoms with van der Waals surface area (Å²) in [6, 6.07) is 8.28. The van der Waals surface area contributed by atoms with E-state index in [1.807, 2.05) is 12.1 Å². The van der Waals surface area contributed by atoms with Crippen molar-refractivity contribution in [2.24, 2.45) is 0 Å². The van der Waals surface area contributed by atoms with Gasteiger partial charge in [0.1, 0.15) is 6.10 Å². The van der Waals surface area contributed by atoms with Gasteiger partial charge in [-0.3, -0.25) is 0 Å². The van der Waals surface area contributed by atoms with Gasteiger partial charge in [-0.1, -0.05) is 28.1 Å². The second-order valence-corrected chi connectivity index (χ2v) is 3.73. The molecule has 0 aromatic heterocycles. The Bertz CT molecular complexity index is 255. The molecule has 1 aliphatic heterocycles. The maximum absolute atomic E-state index is 5.33. The highest BCUT2D eigenvalue weighted by Crippen LogP contribution is 2.38. The van der Waals surface area contributed by atoms with Crippen LogP contribution in [0.2, 0.25) is 0 Å². The third kappa shape index (κ3) is 1.47. The second-order valence-electron chi connectivity index (χ2n) is 2.81. The van der Waals surface area contributed by atoms with Gasteiger partial charge in [-0.15, -0.1) is 0 Å². The fourth-order valence-corrected chi connectivity index (χ4v) is 1.45. The minimum atomic E-state index is 0.350. The maximum Gasteiger partial charge on any atom is 0.109 e. The van der Waals surface area contributed by atoms with E-state index in [2.05, 4.69) is 35.0 Å². The summed E-state index contributed by atoms with van der Waals surface area (Å²) in [5.74, 6) is 0. The Morgan fingerprint density at radius 2 is 1.82 bits per heavy atom. The molecule has 0 aliphatic carbocycles. The van der Waals surface area contributed by atoms with Crippen LogP contribution in [-0.4, -0.2) is 6.10 Å². The average molecular weight is 213 g/mol. The monoisotopic (exact) mass is 212 g/mol. The predicted molar refractivity (Wildman–Crippen MR) is 47.4 cm³/mol. The molecule has 0 spiro atoms. The molecule has 1 saturated heterocycles. The third-order valence-electron chi connectivity index (χ3n) is 1.91. The molecule has 2 heteroatoms. The van der Waals surface area contributed by atoms with Gasteiger partial charge in [0.25, 0.3) is 0 Å². The summed E-state index contributed by atoms with van der Waals surface area (Å²) in [7, 11) is 0. The highest BCUT2D eigenvalue weighted by Gasteiger charge is 2.35. The molecule has 58 valence electrons. The van der Waals surface area contributed by atoms with Gasteiger partial charge in [0.2, 0.25) is 0 Å². The van der Waals surface area contributed by atoms with Crippen molar-refractivity contribution in [3.63, 3.8) is 0 Å². The molecule has 1 aromatic carbocycles. The van der Waals surface area contributed by atoms with Gasteiger partial charge in [0.15, 0.2) is 0 Å². The largest absolute Gasteiger partial charge is 0.365 e. The predicted octanol–water partition coefficient (Wildman–Crippen LogP) is 2.91. The minimum absolute atomic E-state index is 0.350. The van der Waals surface area contributed by atoms with Crippen LogP contribution in [0.15, 0.2) is 28.7 Å². The standard InChI is InChI=1S/C9H9BrO/c1-6-9(11-6)7-2-4-8(10)5-3-7/h2-6,9H,1H3/t6-,9+/m1/s1. The molecule has 0 radical (unpaired) electrons. The van der Waals surface area contributed by atoms with Gasteiger partial charge < -0.3 is 4.74 Å². The Morgan fingerprint density at radius 1 is 1.27 bits per heavy atom. The van der Waals surface area contributed by atoms with Crippen molar-refractivity contribution in [3.8, 4) is 0 Å². The fraction of sp³-hybridized carbons (Fsp3) is 0.333. The van der Waals surface area contributed by atoms with Crippen LogP contribution in [0.5, 0.6) is 0 Å². The van der Waals surface area contributed by atoms with Gasteiger partial charge in [-0.05, 0) is 24.6 Å². The smallest absolute Gasteiger partial charge is 0.109 e. The van der Waals surface area contributed by atoms with Crippen LogP contribution in [-0.2, 0) is 4.74 Å². The van der Waals surface area contributed by atoms with Gasteiger partial charge in [0, 0.05) is 4.47 Å². The molecule has 0 N–H and O–H groups in total. The molecule has 2 atom stereocenters. The number of benzene rings is 1. The van der Waals surface area contributed by atoms with Gasteiger partial charge in [0.05, 0.1) is 6.10 Å². The van der Waals surface area contributed by atoms with E-state index in [-0.39, 0.29) is 0 Å². The lowest BCUT2D eigenvalue weighted by Gasteiger charge is -1.94. The Morgan fingerprint density at radius 3 is 2.27 bits per heavy atom. The highest BCUT2D eigenvalue weighted by atomic mass is 79.9. The summed E-state index contributed by atoms with van der Waals surface area (Å²) in [5.41, 5.74) is 1.28. The van der Waals surface area contributed by atoms with E-state index in [4.69, 9.17) is 4.74 Å². The average Bonchev–Trinajstić information content (AvgIpc) is 2.69. The lowest BCUT2D eigenvalue weighted by Crippen LogP contribution is -1.81. The Kier molecular flexibility index (Phi) is 1.74. The van der Waals surface area contributed by atoms with E-state index in [0.29, 0.717) is 12.2 Å². The molecule has 1 fully saturated rings. The van der Waals surface area contributed by atoms with Crippen LogP contribution >= 0.6 is 15.9 Å². The molecule has 1 heterocycles. The van der Waals surface area contributed by atoms with Gasteiger partial charge >= 0.3 is 0 Å². The molecule has 1 aromatic rings. The number of epoxide rings is 1. The molecule has 2 rings (SSSR count). The molecule has 11 heavy (non-hydrogen) atoms. The Balaban J connectivity index is 2.21. The van der Waals surface area contributed by atoms with Crippen LogP contribution in [0, 0.1) is 0 Å². The molecular formula is C9H9BrO. The first-order valence-corrected chi connectivity index (χ1v) is 4.47. The summed E-state index contributed by atoms with van der Waals surface area (Å²) in [6.45, 7) is 2.09. The van der Waals surface area contributed by atoms with Gasteiger partial charge in [-0.2, -0.15) is 0 Å². The first kappa shape index (κ1) is 7.32. The van der Waals surface area contributed by atoms with Crippen molar-refractivity contribution in [1.29, 1.82) is 0 Å². The van der Waals surface area contributed by atoms with E-state index in [9.17, 15) is 0 Å². The zero-order valence-electron chi connectivity index (χ0n) is 6.25. The van der Waals surface area contributed by atoms with E-state index >= 15 is 0 Å². The van der Waals surface area contributed by atoms with Crippen molar-refractivity contribution in [3.05, 3.63) is 34.3 Å². The van der Waals surface area contributed by atoms with Crippen molar-refractivity contribution in [2.75, 3.05) is 0 Å². The maximum atomic E-state index is 5.33. The van der Waals surface area contributed by atoms with E-state index in [1.54, 1.807) is 0 Å². The first-order valence-electron chi connectivity index (χ1n) is 3.68. The number of ether oxygens (including phenoxy) is 1. The van der Waals surface area contributed by atoms with E-state index < -0.39 is 0 Å². The molecule has 0 bridgehead atoms. The van der Waals surface area contributed by atoms with Gasteiger partial charge in [-0.25, -0.2) is 0 Å². The zero-order valence-corrected chi connectivity index (χ0v) is 7.84. The van der Waals surface area contributed by atoms with Crippen molar-refractivity contribution in [2.45, 2.75) is 19.1 Å². The lowest BCUT2D eigenvalue weighted by molar-refractivity contribution is 0.383. The fourth-order valence-electron chi connectivity index (χ4n) is 1.19. The molecule has 1 aliphatic rings. The van der Waals surface area contributed by atoms with Crippen LogP contribution in [0.25, 0.3) is 0 Å². The molecular weight excluding hydrogens is 204 g/mol. The van der Waals surface area contributed by atoms with Crippen molar-refractivity contribution < 1.29 is 4.74 Å². The quantitative estimate of drug-likeness (QED) is 0.653. The van der Waals surface area contributed by atoms with E-state index in [1.165, 1.54) is 5.56 Å². The summed E-state index contributed by atoms with van der Waals surface area (Å²) < 4.78 is 6.45. The Hall–Kier alpha value is -0.340. The summed E-state index contributed by atoms with van der Waals surface area (Å²) >= 11 is 3.39. The number of hydrogen-bond donors (Lipinski definition) is 0. The van der Waals surface area contributed by atoms with Crippen LogP contribution < -0.4 is 0 Å². The number of halogens is 1. The van der Waals surface area contributed by atoms with Crippen LogP contribution in [0.4, 0.5) is 0 Å². The van der Waals surface area contributed by atoms with Crippen molar-refractivity contribution >= 4 is 15.9 Å². The highest BCUT2D eigenvalue weighted by molar-refractivity contribution is 9.10. The third-order valence-corrected chi connectivity index (χ3v) is 2.44. The zero-order chi connectivity index (χ0) is 7.84. The number of hydrogen-bond acceptors (Lipinski definition) is 1. The molecule has 0 amide bonds. The number of rotatable bonds is 1. The van der Waals surface area contributed by atoms with Crippen LogP contribution in [0.1, 0.15) is 18.6 Å². The summed E-state index contributed by atoms with van der Waals surface area (Å²) in [6.07, 6.45) is 0.763. The summed E-state index contributed by atoms with van der Waals surface area (Å²) in [5, 5.41) is 0. The van der Waals surface area contributed by atoms with Crippen LogP contribution in [0.3, 0.4) is 0 Å². The van der Waals surface area contributed by atoms with Crippen molar-refractivity contribution in [1.82, 2.24) is 0 Å². The molecule has 1 nitrogen and oxygen atoms in total. The second kappa shape index (κ2) is 2.61. The normalized spacial score (nSPS) is 28.5. The summed E-state index contributed by atoms with van der Waals surface area (Å²) in [4.78, 5) is 0. The molecule has 0 unspecified atom stereocenters.